The third-order valence-electron chi connectivity index (χ3n) is 2.73. The van der Waals surface area contributed by atoms with Gasteiger partial charge in [-0.2, -0.15) is 0 Å². The number of benzene rings is 1. The van der Waals surface area contributed by atoms with Gasteiger partial charge in [0.2, 0.25) is 0 Å². The fourth-order valence-corrected chi connectivity index (χ4v) is 1.55. The molecule has 0 radical (unpaired) electrons. The lowest BCUT2D eigenvalue weighted by atomic mass is 10.2. The van der Waals surface area contributed by atoms with E-state index in [-0.39, 0.29) is 19.1 Å². The number of carbonyl (C=O) groups is 2. The molecule has 0 spiro atoms. The molecule has 0 aliphatic heterocycles. The highest BCUT2D eigenvalue weighted by atomic mass is 16.5. The standard InChI is InChI=1S/C14H19NO4/c1-4-15(9-14(17)18-3)13(16)10-19-12-8-6-5-7-11(12)2/h5-8H,4,9-10H2,1-3H3. The number of esters is 1. The predicted octanol–water partition coefficient (Wildman–Crippen LogP) is 1.40. The van der Waals surface area contributed by atoms with E-state index >= 15 is 0 Å². The van der Waals surface area contributed by atoms with Gasteiger partial charge >= 0.3 is 5.97 Å². The van der Waals surface area contributed by atoms with E-state index in [0.29, 0.717) is 12.3 Å². The first-order chi connectivity index (χ1) is 9.08. The maximum atomic E-state index is 11.9. The number of rotatable bonds is 6. The summed E-state index contributed by atoms with van der Waals surface area (Å²) in [6.45, 7) is 4.00. The van der Waals surface area contributed by atoms with Crippen molar-refractivity contribution in [2.45, 2.75) is 13.8 Å². The molecular formula is C14H19NO4. The Labute approximate surface area is 113 Å². The number of nitrogens with zero attached hydrogens (tertiary/aromatic N) is 1. The Bertz CT molecular complexity index is 445. The van der Waals surface area contributed by atoms with E-state index in [9.17, 15) is 9.59 Å². The van der Waals surface area contributed by atoms with Gasteiger partial charge in [0.05, 0.1) is 7.11 Å². The third kappa shape index (κ3) is 4.62. The molecule has 0 saturated heterocycles. The van der Waals surface area contributed by atoms with Crippen LogP contribution in [0.2, 0.25) is 0 Å². The van der Waals surface area contributed by atoms with Crippen LogP contribution in [-0.2, 0) is 14.3 Å². The minimum absolute atomic E-state index is 0.0526. The van der Waals surface area contributed by atoms with Crippen molar-refractivity contribution in [1.82, 2.24) is 4.90 Å². The van der Waals surface area contributed by atoms with Gasteiger partial charge in [0.25, 0.3) is 5.91 Å². The average Bonchev–Trinajstić information content (AvgIpc) is 2.43. The van der Waals surface area contributed by atoms with E-state index in [1.54, 1.807) is 13.0 Å². The van der Waals surface area contributed by atoms with Crippen molar-refractivity contribution in [2.75, 3.05) is 26.8 Å². The molecule has 0 aromatic heterocycles. The molecule has 1 aromatic carbocycles. The van der Waals surface area contributed by atoms with Crippen LogP contribution in [0, 0.1) is 6.92 Å². The molecular weight excluding hydrogens is 246 g/mol. The Hall–Kier alpha value is -2.04. The highest BCUT2D eigenvalue weighted by Crippen LogP contribution is 2.16. The van der Waals surface area contributed by atoms with Gasteiger partial charge < -0.3 is 14.4 Å². The van der Waals surface area contributed by atoms with Gasteiger partial charge in [-0.15, -0.1) is 0 Å². The van der Waals surface area contributed by atoms with Gasteiger partial charge in [0, 0.05) is 6.54 Å². The van der Waals surface area contributed by atoms with Gasteiger partial charge in [-0.3, -0.25) is 9.59 Å². The summed E-state index contributed by atoms with van der Waals surface area (Å²) in [6, 6.07) is 7.46. The van der Waals surface area contributed by atoms with Gasteiger partial charge in [0.15, 0.2) is 6.61 Å². The molecule has 0 saturated carbocycles. The monoisotopic (exact) mass is 265 g/mol. The van der Waals surface area contributed by atoms with Crippen LogP contribution < -0.4 is 4.74 Å². The molecule has 0 bridgehead atoms. The van der Waals surface area contributed by atoms with Crippen molar-refractivity contribution in [3.63, 3.8) is 0 Å². The fourth-order valence-electron chi connectivity index (χ4n) is 1.55. The Morgan fingerprint density at radius 1 is 1.26 bits per heavy atom. The zero-order valence-electron chi connectivity index (χ0n) is 11.5. The van der Waals surface area contributed by atoms with Crippen LogP contribution >= 0.6 is 0 Å². The van der Waals surface area contributed by atoms with Crippen LogP contribution in [-0.4, -0.2) is 43.6 Å². The second kappa shape index (κ2) is 7.41. The molecule has 5 heteroatoms. The number of hydrogen-bond donors (Lipinski definition) is 0. The number of aryl methyl sites for hydroxylation is 1. The SMILES string of the molecule is CCN(CC(=O)OC)C(=O)COc1ccccc1C. The fraction of sp³-hybridized carbons (Fsp3) is 0.429. The summed E-state index contributed by atoms with van der Waals surface area (Å²) in [6.07, 6.45) is 0. The van der Waals surface area contributed by atoms with Gasteiger partial charge in [0.1, 0.15) is 12.3 Å². The smallest absolute Gasteiger partial charge is 0.325 e. The number of para-hydroxylation sites is 1. The van der Waals surface area contributed by atoms with Crippen LogP contribution in [0.3, 0.4) is 0 Å². The molecule has 19 heavy (non-hydrogen) atoms. The second-order valence-electron chi connectivity index (χ2n) is 4.04. The first kappa shape index (κ1) is 15.0. The predicted molar refractivity (Wildman–Crippen MR) is 70.9 cm³/mol. The molecule has 0 atom stereocenters. The first-order valence-electron chi connectivity index (χ1n) is 6.11. The number of likely N-dealkylation sites (N-methyl/N-ethyl adjacent to an activating group) is 1. The van der Waals surface area contributed by atoms with Crippen LogP contribution in [0.5, 0.6) is 5.75 Å². The lowest BCUT2D eigenvalue weighted by Gasteiger charge is -2.19. The van der Waals surface area contributed by atoms with Crippen molar-refractivity contribution in [3.05, 3.63) is 29.8 Å². The van der Waals surface area contributed by atoms with Crippen LogP contribution in [0.4, 0.5) is 0 Å². The van der Waals surface area contributed by atoms with E-state index in [0.717, 1.165) is 5.56 Å². The quantitative estimate of drug-likeness (QED) is 0.729. The Balaban J connectivity index is 2.54. The van der Waals surface area contributed by atoms with E-state index in [2.05, 4.69) is 4.74 Å². The van der Waals surface area contributed by atoms with Crippen molar-refractivity contribution in [2.24, 2.45) is 0 Å². The molecule has 1 aromatic rings. The summed E-state index contributed by atoms with van der Waals surface area (Å²) in [5, 5.41) is 0. The van der Waals surface area contributed by atoms with E-state index in [1.165, 1.54) is 12.0 Å². The lowest BCUT2D eigenvalue weighted by Crippen LogP contribution is -2.39. The molecule has 0 fully saturated rings. The molecule has 1 rings (SSSR count). The molecule has 0 aliphatic rings. The summed E-state index contributed by atoms with van der Waals surface area (Å²) >= 11 is 0. The van der Waals surface area contributed by atoms with Crippen molar-refractivity contribution < 1.29 is 19.1 Å². The molecule has 0 heterocycles. The van der Waals surface area contributed by atoms with Gasteiger partial charge in [-0.1, -0.05) is 18.2 Å². The second-order valence-corrected chi connectivity index (χ2v) is 4.04. The highest BCUT2D eigenvalue weighted by Gasteiger charge is 2.16. The highest BCUT2D eigenvalue weighted by molar-refractivity contribution is 5.83. The van der Waals surface area contributed by atoms with E-state index in [1.807, 2.05) is 25.1 Å². The zero-order valence-corrected chi connectivity index (χ0v) is 11.5. The topological polar surface area (TPSA) is 55.8 Å². The van der Waals surface area contributed by atoms with Crippen molar-refractivity contribution in [1.29, 1.82) is 0 Å². The largest absolute Gasteiger partial charge is 0.484 e. The normalized spacial score (nSPS) is 9.84. The third-order valence-corrected chi connectivity index (χ3v) is 2.73. The number of carbonyl (C=O) groups excluding carboxylic acids is 2. The summed E-state index contributed by atoms with van der Waals surface area (Å²) in [7, 11) is 1.30. The minimum atomic E-state index is -0.439. The zero-order chi connectivity index (χ0) is 14.3. The maximum absolute atomic E-state index is 11.9. The Morgan fingerprint density at radius 2 is 1.95 bits per heavy atom. The van der Waals surface area contributed by atoms with E-state index < -0.39 is 5.97 Å². The first-order valence-corrected chi connectivity index (χ1v) is 6.11. The lowest BCUT2D eigenvalue weighted by molar-refractivity contribution is -0.147. The van der Waals surface area contributed by atoms with E-state index in [4.69, 9.17) is 4.74 Å². The number of hydrogen-bond acceptors (Lipinski definition) is 4. The Morgan fingerprint density at radius 3 is 2.53 bits per heavy atom. The summed E-state index contributed by atoms with van der Waals surface area (Å²) in [5.74, 6) is -0.00721. The molecule has 5 nitrogen and oxygen atoms in total. The Kier molecular flexibility index (Phi) is 5.85. The minimum Gasteiger partial charge on any atom is -0.484 e. The molecule has 104 valence electrons. The number of amides is 1. The molecule has 0 aliphatic carbocycles. The van der Waals surface area contributed by atoms with Crippen molar-refractivity contribution >= 4 is 11.9 Å². The maximum Gasteiger partial charge on any atom is 0.325 e. The summed E-state index contributed by atoms with van der Waals surface area (Å²) in [5.41, 5.74) is 0.964. The van der Waals surface area contributed by atoms with Gasteiger partial charge in [-0.25, -0.2) is 0 Å². The number of methoxy groups -OCH3 is 1. The van der Waals surface area contributed by atoms with Crippen LogP contribution in [0.25, 0.3) is 0 Å². The van der Waals surface area contributed by atoms with Crippen LogP contribution in [0.15, 0.2) is 24.3 Å². The molecule has 0 unspecified atom stereocenters. The van der Waals surface area contributed by atoms with Crippen LogP contribution in [0.1, 0.15) is 12.5 Å². The summed E-state index contributed by atoms with van der Waals surface area (Å²) < 4.78 is 9.99. The summed E-state index contributed by atoms with van der Waals surface area (Å²) in [4.78, 5) is 24.5. The average molecular weight is 265 g/mol. The van der Waals surface area contributed by atoms with Gasteiger partial charge in [-0.05, 0) is 25.5 Å². The molecule has 1 amide bonds. The number of ether oxygens (including phenoxy) is 2. The molecule has 0 N–H and O–H groups in total. The van der Waals surface area contributed by atoms with Crippen molar-refractivity contribution in [3.8, 4) is 5.75 Å².